The maximum absolute atomic E-state index is 12.9. The van der Waals surface area contributed by atoms with Gasteiger partial charge in [-0.25, -0.2) is 0 Å². The van der Waals surface area contributed by atoms with Gasteiger partial charge in [-0.3, -0.25) is 9.59 Å². The molecule has 0 aromatic heterocycles. The summed E-state index contributed by atoms with van der Waals surface area (Å²) in [6, 6.07) is 14.7. The van der Waals surface area contributed by atoms with Crippen LogP contribution < -0.4 is 4.74 Å². The largest absolute Gasteiger partial charge is 0.491 e. The summed E-state index contributed by atoms with van der Waals surface area (Å²) >= 11 is 12.1. The minimum atomic E-state index is 0.0548. The van der Waals surface area contributed by atoms with Crippen molar-refractivity contribution >= 4 is 35.0 Å². The van der Waals surface area contributed by atoms with E-state index in [-0.39, 0.29) is 30.9 Å². The molecule has 1 saturated heterocycles. The Bertz CT molecular complexity index is 884. The van der Waals surface area contributed by atoms with Crippen LogP contribution in [0.3, 0.4) is 0 Å². The van der Waals surface area contributed by atoms with Crippen LogP contribution in [-0.2, 0) is 4.79 Å². The zero-order chi connectivity index (χ0) is 22.2. The minimum Gasteiger partial charge on any atom is -0.491 e. The summed E-state index contributed by atoms with van der Waals surface area (Å²) in [6.45, 7) is 4.32. The Morgan fingerprint density at radius 3 is 2.45 bits per heavy atom. The molecule has 1 fully saturated rings. The third kappa shape index (κ3) is 6.14. The number of hydrogen-bond donors (Lipinski definition) is 0. The van der Waals surface area contributed by atoms with Gasteiger partial charge in [0.2, 0.25) is 5.91 Å². The van der Waals surface area contributed by atoms with Crippen LogP contribution in [0.5, 0.6) is 5.75 Å². The van der Waals surface area contributed by atoms with Crippen molar-refractivity contribution in [1.82, 2.24) is 9.80 Å². The Labute approximate surface area is 193 Å². The zero-order valence-electron chi connectivity index (χ0n) is 17.7. The topological polar surface area (TPSA) is 49.9 Å². The van der Waals surface area contributed by atoms with Crippen molar-refractivity contribution in [2.75, 3.05) is 26.2 Å². The van der Waals surface area contributed by atoms with E-state index >= 15 is 0 Å². The summed E-state index contributed by atoms with van der Waals surface area (Å²) in [7, 11) is 0. The molecule has 2 aromatic carbocycles. The normalized spacial score (nSPS) is 14.4. The van der Waals surface area contributed by atoms with Crippen molar-refractivity contribution in [2.45, 2.75) is 38.6 Å². The molecule has 0 aliphatic carbocycles. The highest BCUT2D eigenvalue weighted by atomic mass is 35.5. The molecule has 7 heteroatoms. The van der Waals surface area contributed by atoms with E-state index in [1.165, 1.54) is 0 Å². The lowest BCUT2D eigenvalue weighted by atomic mass is 10.0. The van der Waals surface area contributed by atoms with Crippen LogP contribution in [0.4, 0.5) is 0 Å². The predicted octanol–water partition coefficient (Wildman–Crippen LogP) is 5.31. The van der Waals surface area contributed by atoms with Gasteiger partial charge in [-0.2, -0.15) is 0 Å². The average Bonchev–Trinajstić information content (AvgIpc) is 2.80. The quantitative estimate of drug-likeness (QED) is 0.534. The number of likely N-dealkylation sites (tertiary alicyclic amines) is 1. The van der Waals surface area contributed by atoms with Crippen LogP contribution in [0.25, 0.3) is 0 Å². The van der Waals surface area contributed by atoms with Gasteiger partial charge in [-0.15, -0.1) is 0 Å². The molecule has 2 amide bonds. The smallest absolute Gasteiger partial charge is 0.253 e. The zero-order valence-corrected chi connectivity index (χ0v) is 19.2. The minimum absolute atomic E-state index is 0.0548. The van der Waals surface area contributed by atoms with Gasteiger partial charge >= 0.3 is 0 Å². The molecule has 0 N–H and O–H groups in total. The molecule has 1 aliphatic rings. The van der Waals surface area contributed by atoms with Gasteiger partial charge in [-0.1, -0.05) is 54.4 Å². The lowest BCUT2D eigenvalue weighted by Gasteiger charge is -2.38. The molecular formula is C24H28Cl2N2O3. The first-order valence-electron chi connectivity index (χ1n) is 10.7. The van der Waals surface area contributed by atoms with Crippen molar-refractivity contribution in [1.29, 1.82) is 0 Å². The molecule has 1 heterocycles. The molecule has 0 atom stereocenters. The van der Waals surface area contributed by atoms with E-state index in [4.69, 9.17) is 27.9 Å². The number of carbonyl (C=O) groups excluding carboxylic acids is 2. The summed E-state index contributed by atoms with van der Waals surface area (Å²) in [4.78, 5) is 29.4. The van der Waals surface area contributed by atoms with Gasteiger partial charge in [0.05, 0.1) is 18.1 Å². The fourth-order valence-corrected chi connectivity index (χ4v) is 4.23. The summed E-state index contributed by atoms with van der Waals surface area (Å²) in [6.07, 6.45) is 2.72. The van der Waals surface area contributed by atoms with Crippen LogP contribution in [0.2, 0.25) is 10.0 Å². The lowest BCUT2D eigenvalue weighted by Crippen LogP contribution is -2.49. The average molecular weight is 463 g/mol. The van der Waals surface area contributed by atoms with E-state index < -0.39 is 0 Å². The number of rotatable bonds is 8. The summed E-state index contributed by atoms with van der Waals surface area (Å²) < 4.78 is 5.68. The number of halogens is 2. The highest BCUT2D eigenvalue weighted by Crippen LogP contribution is 2.31. The van der Waals surface area contributed by atoms with Crippen LogP contribution in [0, 0.1) is 0 Å². The van der Waals surface area contributed by atoms with E-state index in [9.17, 15) is 9.59 Å². The number of piperidine rings is 1. The number of hydrogen-bond acceptors (Lipinski definition) is 3. The molecule has 31 heavy (non-hydrogen) atoms. The van der Waals surface area contributed by atoms with Crippen molar-refractivity contribution in [3.8, 4) is 5.75 Å². The molecule has 0 spiro atoms. The Morgan fingerprint density at radius 1 is 1.06 bits per heavy atom. The maximum Gasteiger partial charge on any atom is 0.253 e. The van der Waals surface area contributed by atoms with Crippen LogP contribution in [0.15, 0.2) is 48.5 Å². The Kier molecular flexibility index (Phi) is 8.61. The first-order valence-corrected chi connectivity index (χ1v) is 11.5. The van der Waals surface area contributed by atoms with E-state index in [0.29, 0.717) is 41.0 Å². The molecule has 0 unspecified atom stereocenters. The lowest BCUT2D eigenvalue weighted by molar-refractivity contribution is -0.135. The van der Waals surface area contributed by atoms with E-state index in [2.05, 4.69) is 6.92 Å². The monoisotopic (exact) mass is 462 g/mol. The molecule has 0 bridgehead atoms. The van der Waals surface area contributed by atoms with Crippen LogP contribution >= 0.6 is 23.2 Å². The molecule has 0 radical (unpaired) electrons. The summed E-state index contributed by atoms with van der Waals surface area (Å²) in [5.41, 5.74) is 0.708. The van der Waals surface area contributed by atoms with Crippen molar-refractivity contribution in [3.63, 3.8) is 0 Å². The molecule has 5 nitrogen and oxygen atoms in total. The molecular weight excluding hydrogens is 435 g/mol. The van der Waals surface area contributed by atoms with Gasteiger partial charge in [0, 0.05) is 31.2 Å². The van der Waals surface area contributed by atoms with Crippen molar-refractivity contribution in [3.05, 3.63) is 64.1 Å². The predicted molar refractivity (Wildman–Crippen MR) is 124 cm³/mol. The number of carbonyl (C=O) groups is 2. The standard InChI is InChI=1S/C24H28Cl2N2O3/c1-2-14-28(22(29)13-17-31-21-10-6-9-20(25)23(21)26)19-11-15-27(16-12-19)24(30)18-7-4-3-5-8-18/h3-10,19H,2,11-17H2,1H3. The number of nitrogens with zero attached hydrogens (tertiary/aromatic N) is 2. The van der Waals surface area contributed by atoms with Crippen molar-refractivity contribution in [2.24, 2.45) is 0 Å². The van der Waals surface area contributed by atoms with Crippen molar-refractivity contribution < 1.29 is 14.3 Å². The third-order valence-corrected chi connectivity index (χ3v) is 6.29. The fourth-order valence-electron chi connectivity index (χ4n) is 3.88. The third-order valence-electron chi connectivity index (χ3n) is 5.49. The fraction of sp³-hybridized carbons (Fsp3) is 0.417. The second kappa shape index (κ2) is 11.4. The second-order valence-electron chi connectivity index (χ2n) is 7.63. The van der Waals surface area contributed by atoms with Crippen LogP contribution in [0.1, 0.15) is 43.0 Å². The number of amides is 2. The molecule has 0 saturated carbocycles. The Balaban J connectivity index is 1.52. The van der Waals surface area contributed by atoms with Gasteiger partial charge in [-0.05, 0) is 43.5 Å². The SMILES string of the molecule is CCCN(C(=O)CCOc1cccc(Cl)c1Cl)C1CCN(C(=O)c2ccccc2)CC1. The maximum atomic E-state index is 12.9. The first kappa shape index (κ1) is 23.4. The Hall–Kier alpha value is -2.24. The van der Waals surface area contributed by atoms with Gasteiger partial charge in [0.15, 0.2) is 0 Å². The second-order valence-corrected chi connectivity index (χ2v) is 8.41. The molecule has 166 valence electrons. The molecule has 1 aliphatic heterocycles. The van der Waals surface area contributed by atoms with E-state index in [1.807, 2.05) is 40.1 Å². The highest BCUT2D eigenvalue weighted by Gasteiger charge is 2.29. The molecule has 2 aromatic rings. The van der Waals surface area contributed by atoms with E-state index in [0.717, 1.165) is 19.3 Å². The first-order chi connectivity index (χ1) is 15.0. The van der Waals surface area contributed by atoms with E-state index in [1.54, 1.807) is 18.2 Å². The van der Waals surface area contributed by atoms with Gasteiger partial charge in [0.1, 0.15) is 10.8 Å². The number of benzene rings is 2. The highest BCUT2D eigenvalue weighted by molar-refractivity contribution is 6.42. The van der Waals surface area contributed by atoms with Gasteiger partial charge < -0.3 is 14.5 Å². The summed E-state index contributed by atoms with van der Waals surface area (Å²) in [5.74, 6) is 0.601. The van der Waals surface area contributed by atoms with Crippen LogP contribution in [-0.4, -0.2) is 53.9 Å². The Morgan fingerprint density at radius 2 is 1.77 bits per heavy atom. The number of ether oxygens (including phenoxy) is 1. The van der Waals surface area contributed by atoms with Gasteiger partial charge in [0.25, 0.3) is 5.91 Å². The summed E-state index contributed by atoms with van der Waals surface area (Å²) in [5, 5.41) is 0.785. The molecule has 3 rings (SSSR count).